The molecule has 0 bridgehead atoms. The SMILES string of the molecule is C[CH2][Al]([CH2]C)[N]1CCOCC1. The summed E-state index contributed by atoms with van der Waals surface area (Å²) in [5.74, 6) is 0. The van der Waals surface area contributed by atoms with Crippen LogP contribution >= 0.6 is 0 Å². The zero-order valence-corrected chi connectivity index (χ0v) is 8.83. The van der Waals surface area contributed by atoms with E-state index in [-0.39, 0.29) is 0 Å². The van der Waals surface area contributed by atoms with Crippen molar-refractivity contribution in [2.75, 3.05) is 26.3 Å². The lowest BCUT2D eigenvalue weighted by Gasteiger charge is -2.31. The largest absolute Gasteiger partial charge is 0.381 e. The third-order valence-electron chi connectivity index (χ3n) is 2.50. The number of morpholine rings is 1. The van der Waals surface area contributed by atoms with Crippen molar-refractivity contribution < 1.29 is 4.74 Å². The number of rotatable bonds is 3. The van der Waals surface area contributed by atoms with Gasteiger partial charge in [-0.05, 0) is 0 Å². The molecule has 0 atom stereocenters. The molecule has 0 unspecified atom stereocenters. The van der Waals surface area contributed by atoms with Gasteiger partial charge in [0.25, 0.3) is 0 Å². The smallest absolute Gasteiger partial charge is 0.372 e. The molecule has 1 aliphatic rings. The highest BCUT2D eigenvalue weighted by Crippen LogP contribution is 2.07. The van der Waals surface area contributed by atoms with E-state index in [2.05, 4.69) is 17.7 Å². The van der Waals surface area contributed by atoms with E-state index in [0.29, 0.717) is 0 Å². The van der Waals surface area contributed by atoms with Crippen LogP contribution in [-0.2, 0) is 4.74 Å². The molecule has 3 heteroatoms. The quantitative estimate of drug-likeness (QED) is 0.594. The first-order chi connectivity index (χ1) is 5.38. The van der Waals surface area contributed by atoms with E-state index in [1.807, 2.05) is 0 Å². The zero-order chi connectivity index (χ0) is 8.10. The lowest BCUT2D eigenvalue weighted by molar-refractivity contribution is 0.0705. The molecular formula is C8H18AlNO. The minimum absolute atomic E-state index is 0.520. The molecule has 2 nitrogen and oxygen atoms in total. The first-order valence-electron chi connectivity index (χ1n) is 4.70. The fourth-order valence-corrected chi connectivity index (χ4v) is 4.30. The van der Waals surface area contributed by atoms with E-state index in [4.69, 9.17) is 4.74 Å². The molecule has 0 saturated carbocycles. The molecule has 0 radical (unpaired) electrons. The van der Waals surface area contributed by atoms with E-state index in [0.717, 1.165) is 13.2 Å². The molecule has 1 rings (SSSR count). The van der Waals surface area contributed by atoms with Gasteiger partial charge in [0, 0.05) is 13.1 Å². The van der Waals surface area contributed by atoms with Crippen molar-refractivity contribution in [2.24, 2.45) is 0 Å². The second kappa shape index (κ2) is 5.16. The van der Waals surface area contributed by atoms with Gasteiger partial charge in [0.1, 0.15) is 0 Å². The molecule has 1 saturated heterocycles. The summed E-state index contributed by atoms with van der Waals surface area (Å²) in [5.41, 5.74) is 0. The topological polar surface area (TPSA) is 12.5 Å². The van der Waals surface area contributed by atoms with E-state index >= 15 is 0 Å². The van der Waals surface area contributed by atoms with Gasteiger partial charge in [0.2, 0.25) is 0 Å². The predicted octanol–water partition coefficient (Wildman–Crippen LogP) is 1.35. The molecular weight excluding hydrogens is 153 g/mol. The van der Waals surface area contributed by atoms with Crippen LogP contribution in [0.5, 0.6) is 0 Å². The second-order valence-electron chi connectivity index (χ2n) is 3.12. The Labute approximate surface area is 74.1 Å². The first-order valence-corrected chi connectivity index (χ1v) is 6.85. The molecule has 1 heterocycles. The van der Waals surface area contributed by atoms with Crippen LogP contribution in [-0.4, -0.2) is 44.6 Å². The first kappa shape index (κ1) is 9.54. The maximum absolute atomic E-state index is 5.32. The van der Waals surface area contributed by atoms with Crippen molar-refractivity contribution in [1.29, 1.82) is 0 Å². The molecule has 0 aliphatic carbocycles. The van der Waals surface area contributed by atoms with Gasteiger partial charge in [-0.1, -0.05) is 24.4 Å². The Kier molecular flexibility index (Phi) is 4.48. The van der Waals surface area contributed by atoms with E-state index in [9.17, 15) is 0 Å². The van der Waals surface area contributed by atoms with Gasteiger partial charge >= 0.3 is 14.4 Å². The van der Waals surface area contributed by atoms with Crippen molar-refractivity contribution in [1.82, 2.24) is 3.88 Å². The fourth-order valence-electron chi connectivity index (χ4n) is 1.75. The van der Waals surface area contributed by atoms with E-state index in [1.54, 1.807) is 0 Å². The maximum atomic E-state index is 5.32. The Bertz CT molecular complexity index is 100. The number of hydrogen-bond acceptors (Lipinski definition) is 2. The molecule has 1 fully saturated rings. The minimum atomic E-state index is -0.520. The van der Waals surface area contributed by atoms with Gasteiger partial charge < -0.3 is 8.62 Å². The Hall–Kier alpha value is 0.452. The molecule has 0 spiro atoms. The third-order valence-corrected chi connectivity index (χ3v) is 5.94. The number of nitrogens with zero attached hydrogens (tertiary/aromatic N) is 1. The Morgan fingerprint density at radius 2 is 1.73 bits per heavy atom. The summed E-state index contributed by atoms with van der Waals surface area (Å²) in [6, 6.07) is 0. The van der Waals surface area contributed by atoms with Gasteiger partial charge in [-0.2, -0.15) is 0 Å². The molecule has 11 heavy (non-hydrogen) atoms. The van der Waals surface area contributed by atoms with Crippen LogP contribution in [0.1, 0.15) is 13.8 Å². The lowest BCUT2D eigenvalue weighted by Crippen LogP contribution is -2.45. The van der Waals surface area contributed by atoms with Crippen LogP contribution in [0.2, 0.25) is 10.6 Å². The summed E-state index contributed by atoms with van der Waals surface area (Å²) >= 11 is -0.520. The van der Waals surface area contributed by atoms with Crippen molar-refractivity contribution >= 4 is 14.4 Å². The Balaban J connectivity index is 2.30. The summed E-state index contributed by atoms with van der Waals surface area (Å²) in [4.78, 5) is 0. The average molecular weight is 171 g/mol. The predicted molar refractivity (Wildman–Crippen MR) is 49.1 cm³/mol. The van der Waals surface area contributed by atoms with Gasteiger partial charge in [0.15, 0.2) is 0 Å². The highest BCUT2D eigenvalue weighted by Gasteiger charge is 2.23. The number of hydrogen-bond donors (Lipinski definition) is 0. The van der Waals surface area contributed by atoms with Crippen LogP contribution in [0, 0.1) is 0 Å². The third kappa shape index (κ3) is 2.76. The molecule has 64 valence electrons. The molecule has 0 amide bonds. The van der Waals surface area contributed by atoms with E-state index in [1.165, 1.54) is 23.7 Å². The summed E-state index contributed by atoms with van der Waals surface area (Å²) < 4.78 is 8.00. The average Bonchev–Trinajstić information content (AvgIpc) is 2.09. The summed E-state index contributed by atoms with van der Waals surface area (Å²) in [5, 5.41) is 2.83. The van der Waals surface area contributed by atoms with Crippen molar-refractivity contribution in [3.05, 3.63) is 0 Å². The van der Waals surface area contributed by atoms with Crippen molar-refractivity contribution in [3.63, 3.8) is 0 Å². The summed E-state index contributed by atoms with van der Waals surface area (Å²) in [6.45, 7) is 8.97. The standard InChI is InChI=1S/C4H8NO.2C2H5.Al/c1-3-6-4-2-5-1;2*1-2;/h1-4H2;2*1H2,2H3;/q-1;;;+1. The Morgan fingerprint density at radius 3 is 2.18 bits per heavy atom. The highest BCUT2D eigenvalue weighted by atomic mass is 27.2. The second-order valence-corrected chi connectivity index (χ2v) is 6.79. The molecule has 0 N–H and O–H groups in total. The lowest BCUT2D eigenvalue weighted by atomic mass is 10.5. The molecule has 0 aromatic rings. The van der Waals surface area contributed by atoms with Crippen molar-refractivity contribution in [3.8, 4) is 0 Å². The van der Waals surface area contributed by atoms with E-state index < -0.39 is 14.4 Å². The van der Waals surface area contributed by atoms with Crippen molar-refractivity contribution in [2.45, 2.75) is 24.4 Å². The molecule has 0 aromatic carbocycles. The highest BCUT2D eigenvalue weighted by molar-refractivity contribution is 6.55. The normalized spacial score (nSPS) is 20.2. The van der Waals surface area contributed by atoms with Crippen LogP contribution in [0.3, 0.4) is 0 Å². The van der Waals surface area contributed by atoms with Gasteiger partial charge in [-0.15, -0.1) is 0 Å². The maximum Gasteiger partial charge on any atom is 0.372 e. The van der Waals surface area contributed by atoms with Crippen LogP contribution < -0.4 is 0 Å². The Morgan fingerprint density at radius 1 is 1.18 bits per heavy atom. The minimum Gasteiger partial charge on any atom is -0.381 e. The van der Waals surface area contributed by atoms with Crippen LogP contribution in [0.15, 0.2) is 0 Å². The molecule has 1 aliphatic heterocycles. The van der Waals surface area contributed by atoms with Crippen LogP contribution in [0.4, 0.5) is 0 Å². The zero-order valence-electron chi connectivity index (χ0n) is 7.68. The van der Waals surface area contributed by atoms with Gasteiger partial charge in [-0.25, -0.2) is 0 Å². The summed E-state index contributed by atoms with van der Waals surface area (Å²) in [7, 11) is 0. The number of ether oxygens (including phenoxy) is 1. The van der Waals surface area contributed by atoms with Gasteiger partial charge in [0.05, 0.1) is 13.2 Å². The van der Waals surface area contributed by atoms with Gasteiger partial charge in [-0.3, -0.25) is 0 Å². The summed E-state index contributed by atoms with van der Waals surface area (Å²) in [6.07, 6.45) is 0. The molecule has 0 aromatic heterocycles. The fraction of sp³-hybridized carbons (Fsp3) is 1.00. The van der Waals surface area contributed by atoms with Crippen LogP contribution in [0.25, 0.3) is 0 Å². The monoisotopic (exact) mass is 171 g/mol.